The highest BCUT2D eigenvalue weighted by Crippen LogP contribution is 2.38. The standard InChI is InChI=1S/C45H32N2O/c1-3-30-10-12-31(13-11-30)33-16-24-42-40(26-33)41-27-34(17-25-43(41)47(42)37-21-8-29(2)9-22-37)32-14-18-35(19-15-32)46-36-20-23-39-38-6-4-5-7-44(38)48-45(39)28-36/h3-28,46H,1H2,2H3. The number of benzene rings is 7. The molecule has 2 heterocycles. The van der Waals surface area contributed by atoms with Gasteiger partial charge in [0.15, 0.2) is 0 Å². The molecular formula is C45H32N2O. The van der Waals surface area contributed by atoms with Crippen molar-refractivity contribution < 1.29 is 4.42 Å². The fraction of sp³-hybridized carbons (Fsp3) is 0.0222. The van der Waals surface area contributed by atoms with Gasteiger partial charge in [-0.05, 0) is 101 Å². The maximum Gasteiger partial charge on any atom is 0.137 e. The largest absolute Gasteiger partial charge is 0.456 e. The van der Waals surface area contributed by atoms with Crippen molar-refractivity contribution >= 4 is 61.2 Å². The van der Waals surface area contributed by atoms with Crippen LogP contribution in [0.2, 0.25) is 0 Å². The minimum atomic E-state index is 0.882. The number of aromatic nitrogens is 1. The van der Waals surface area contributed by atoms with Crippen LogP contribution < -0.4 is 5.32 Å². The first-order valence-electron chi connectivity index (χ1n) is 16.3. The molecule has 0 aliphatic carbocycles. The Morgan fingerprint density at radius 3 is 1.77 bits per heavy atom. The Labute approximate surface area is 279 Å². The maximum absolute atomic E-state index is 6.11. The average Bonchev–Trinajstić information content (AvgIpc) is 3.67. The van der Waals surface area contributed by atoms with Crippen molar-refractivity contribution in [2.75, 3.05) is 5.32 Å². The summed E-state index contributed by atoms with van der Waals surface area (Å²) < 4.78 is 8.48. The van der Waals surface area contributed by atoms with Crippen LogP contribution in [-0.4, -0.2) is 4.57 Å². The number of furan rings is 1. The topological polar surface area (TPSA) is 30.1 Å². The predicted octanol–water partition coefficient (Wildman–Crippen LogP) is 12.7. The van der Waals surface area contributed by atoms with Crippen LogP contribution >= 0.6 is 0 Å². The normalized spacial score (nSPS) is 11.5. The summed E-state index contributed by atoms with van der Waals surface area (Å²) in [7, 11) is 0. The molecule has 0 saturated heterocycles. The molecule has 0 unspecified atom stereocenters. The van der Waals surface area contributed by atoms with Gasteiger partial charge >= 0.3 is 0 Å². The first-order valence-corrected chi connectivity index (χ1v) is 16.3. The molecule has 0 radical (unpaired) electrons. The summed E-state index contributed by atoms with van der Waals surface area (Å²) >= 11 is 0. The van der Waals surface area contributed by atoms with E-state index in [9.17, 15) is 0 Å². The first kappa shape index (κ1) is 27.9. The summed E-state index contributed by atoms with van der Waals surface area (Å²) in [6, 6.07) is 54.2. The summed E-state index contributed by atoms with van der Waals surface area (Å²) in [4.78, 5) is 0. The maximum atomic E-state index is 6.11. The molecule has 0 atom stereocenters. The summed E-state index contributed by atoms with van der Waals surface area (Å²) in [5.41, 5.74) is 14.5. The van der Waals surface area contributed by atoms with Gasteiger partial charge in [-0.3, -0.25) is 0 Å². The van der Waals surface area contributed by atoms with Gasteiger partial charge in [0.05, 0.1) is 11.0 Å². The molecule has 0 aliphatic rings. The van der Waals surface area contributed by atoms with E-state index >= 15 is 0 Å². The van der Waals surface area contributed by atoms with Crippen LogP contribution in [0.4, 0.5) is 11.4 Å². The highest BCUT2D eigenvalue weighted by Gasteiger charge is 2.15. The van der Waals surface area contributed by atoms with Crippen molar-refractivity contribution in [1.29, 1.82) is 0 Å². The van der Waals surface area contributed by atoms with Crippen molar-refractivity contribution in [2.45, 2.75) is 6.92 Å². The zero-order valence-electron chi connectivity index (χ0n) is 26.6. The zero-order chi connectivity index (χ0) is 32.2. The summed E-state index contributed by atoms with van der Waals surface area (Å²) in [6.07, 6.45) is 1.88. The van der Waals surface area contributed by atoms with Crippen molar-refractivity contribution in [1.82, 2.24) is 4.57 Å². The molecule has 0 bridgehead atoms. The van der Waals surface area contributed by atoms with Crippen LogP contribution in [0, 0.1) is 6.92 Å². The average molecular weight is 617 g/mol. The molecule has 7 aromatic carbocycles. The molecule has 0 spiro atoms. The fourth-order valence-corrected chi connectivity index (χ4v) is 6.88. The third-order valence-electron chi connectivity index (χ3n) is 9.42. The Hall–Kier alpha value is -6.32. The number of nitrogens with one attached hydrogen (secondary N) is 1. The van der Waals surface area contributed by atoms with Gasteiger partial charge in [0.25, 0.3) is 0 Å². The minimum absolute atomic E-state index is 0.882. The monoisotopic (exact) mass is 616 g/mol. The van der Waals surface area contributed by atoms with Gasteiger partial charge < -0.3 is 14.3 Å². The van der Waals surface area contributed by atoms with Crippen molar-refractivity contribution in [3.05, 3.63) is 169 Å². The van der Waals surface area contributed by atoms with Crippen LogP contribution in [-0.2, 0) is 0 Å². The van der Waals surface area contributed by atoms with Crippen molar-refractivity contribution in [3.8, 4) is 27.9 Å². The molecule has 9 aromatic rings. The smallest absolute Gasteiger partial charge is 0.137 e. The third-order valence-corrected chi connectivity index (χ3v) is 9.42. The molecule has 3 nitrogen and oxygen atoms in total. The van der Waals surface area contributed by atoms with Crippen LogP contribution in [0.5, 0.6) is 0 Å². The quantitative estimate of drug-likeness (QED) is 0.201. The van der Waals surface area contributed by atoms with E-state index in [2.05, 4.69) is 157 Å². The summed E-state index contributed by atoms with van der Waals surface area (Å²) in [5.74, 6) is 0. The van der Waals surface area contributed by atoms with Crippen LogP contribution in [0.25, 0.3) is 77.8 Å². The van der Waals surface area contributed by atoms with Gasteiger partial charge in [0.2, 0.25) is 0 Å². The number of nitrogens with zero attached hydrogens (tertiary/aromatic N) is 1. The SMILES string of the molecule is C=Cc1ccc(-c2ccc3c(c2)c2cc(-c4ccc(Nc5ccc6c(c5)oc5ccccc56)cc4)ccc2n3-c2ccc(C)cc2)cc1. The molecule has 3 heteroatoms. The second-order valence-corrected chi connectivity index (χ2v) is 12.5. The summed E-state index contributed by atoms with van der Waals surface area (Å²) in [6.45, 7) is 6.04. The number of rotatable bonds is 6. The Morgan fingerprint density at radius 2 is 1.10 bits per heavy atom. The minimum Gasteiger partial charge on any atom is -0.456 e. The van der Waals surface area contributed by atoms with Gasteiger partial charge in [-0.2, -0.15) is 0 Å². The van der Waals surface area contributed by atoms with Gasteiger partial charge in [0.1, 0.15) is 11.2 Å². The highest BCUT2D eigenvalue weighted by molar-refractivity contribution is 6.11. The lowest BCUT2D eigenvalue weighted by molar-refractivity contribution is 0.669. The van der Waals surface area contributed by atoms with Crippen molar-refractivity contribution in [2.24, 2.45) is 0 Å². The number of para-hydroxylation sites is 1. The molecular weight excluding hydrogens is 585 g/mol. The number of anilines is 2. The Morgan fingerprint density at radius 1 is 0.521 bits per heavy atom. The predicted molar refractivity (Wildman–Crippen MR) is 203 cm³/mol. The van der Waals surface area contributed by atoms with E-state index in [-0.39, 0.29) is 0 Å². The first-order chi connectivity index (χ1) is 23.6. The lowest BCUT2D eigenvalue weighted by atomic mass is 9.99. The highest BCUT2D eigenvalue weighted by atomic mass is 16.3. The molecule has 2 aromatic heterocycles. The van der Waals surface area contributed by atoms with Gasteiger partial charge in [0, 0.05) is 44.7 Å². The number of hydrogen-bond donors (Lipinski definition) is 1. The van der Waals surface area contributed by atoms with Crippen LogP contribution in [0.1, 0.15) is 11.1 Å². The van der Waals surface area contributed by atoms with Crippen LogP contribution in [0.15, 0.2) is 163 Å². The molecule has 0 amide bonds. The molecule has 0 aliphatic heterocycles. The lowest BCUT2D eigenvalue weighted by Crippen LogP contribution is -1.93. The number of aryl methyl sites for hydroxylation is 1. The lowest BCUT2D eigenvalue weighted by Gasteiger charge is -2.10. The van der Waals surface area contributed by atoms with E-state index in [1.807, 2.05) is 24.3 Å². The van der Waals surface area contributed by atoms with E-state index in [1.165, 1.54) is 49.6 Å². The van der Waals surface area contributed by atoms with E-state index in [1.54, 1.807) is 0 Å². The van der Waals surface area contributed by atoms with E-state index in [0.29, 0.717) is 0 Å². The number of hydrogen-bond acceptors (Lipinski definition) is 2. The second kappa shape index (κ2) is 11.2. The van der Waals surface area contributed by atoms with Crippen LogP contribution in [0.3, 0.4) is 0 Å². The van der Waals surface area contributed by atoms with Gasteiger partial charge in [-0.25, -0.2) is 0 Å². The van der Waals surface area contributed by atoms with Crippen molar-refractivity contribution in [3.63, 3.8) is 0 Å². The summed E-state index contributed by atoms with van der Waals surface area (Å²) in [5, 5.41) is 8.29. The number of fused-ring (bicyclic) bond motifs is 6. The van der Waals surface area contributed by atoms with Gasteiger partial charge in [-0.1, -0.05) is 97.1 Å². The van der Waals surface area contributed by atoms with E-state index in [4.69, 9.17) is 4.42 Å². The Balaban J connectivity index is 1.09. The Bertz CT molecular complexity index is 2640. The molecule has 48 heavy (non-hydrogen) atoms. The Kier molecular flexibility index (Phi) is 6.51. The molecule has 0 fully saturated rings. The fourth-order valence-electron chi connectivity index (χ4n) is 6.88. The third kappa shape index (κ3) is 4.76. The molecule has 9 rings (SSSR count). The van der Waals surface area contributed by atoms with E-state index < -0.39 is 0 Å². The van der Waals surface area contributed by atoms with E-state index in [0.717, 1.165) is 44.6 Å². The molecule has 0 saturated carbocycles. The zero-order valence-corrected chi connectivity index (χ0v) is 26.6. The molecule has 1 N–H and O–H groups in total. The van der Waals surface area contributed by atoms with Gasteiger partial charge in [-0.15, -0.1) is 0 Å². The second-order valence-electron chi connectivity index (χ2n) is 12.5. The molecule has 228 valence electrons.